The molecule has 0 radical (unpaired) electrons. The van der Waals surface area contributed by atoms with E-state index < -0.39 is 11.6 Å². The average Bonchev–Trinajstić information content (AvgIpc) is 2.24. The van der Waals surface area contributed by atoms with E-state index >= 15 is 0 Å². The molecule has 1 atom stereocenters. The van der Waals surface area contributed by atoms with Crippen LogP contribution in [0.5, 0.6) is 0 Å². The second-order valence-electron chi connectivity index (χ2n) is 4.26. The Hall–Kier alpha value is -1.06. The van der Waals surface area contributed by atoms with Crippen LogP contribution >= 0.6 is 0 Å². The summed E-state index contributed by atoms with van der Waals surface area (Å²) in [7, 11) is 0. The van der Waals surface area contributed by atoms with Gasteiger partial charge >= 0.3 is 11.9 Å². The van der Waals surface area contributed by atoms with Crippen molar-refractivity contribution < 1.29 is 19.4 Å². The highest BCUT2D eigenvalue weighted by Crippen LogP contribution is 2.35. The van der Waals surface area contributed by atoms with E-state index in [0.717, 1.165) is 6.42 Å². The van der Waals surface area contributed by atoms with E-state index in [2.05, 4.69) is 0 Å². The van der Waals surface area contributed by atoms with E-state index in [9.17, 15) is 9.59 Å². The molecule has 1 heterocycles. The summed E-state index contributed by atoms with van der Waals surface area (Å²) in [5.41, 5.74) is -0.421. The van der Waals surface area contributed by atoms with Crippen LogP contribution in [0.4, 0.5) is 0 Å². The Kier molecular flexibility index (Phi) is 3.13. The summed E-state index contributed by atoms with van der Waals surface area (Å²) < 4.78 is 5.13. The van der Waals surface area contributed by atoms with Crippen LogP contribution in [0.25, 0.3) is 0 Å². The highest BCUT2D eigenvalue weighted by Gasteiger charge is 2.40. The van der Waals surface area contributed by atoms with Gasteiger partial charge in [-0.05, 0) is 26.7 Å². The van der Waals surface area contributed by atoms with Crippen molar-refractivity contribution in [3.8, 4) is 0 Å². The number of carbonyl (C=O) groups excluding carboxylic acids is 1. The highest BCUT2D eigenvalue weighted by molar-refractivity contribution is 5.72. The molecule has 0 spiro atoms. The van der Waals surface area contributed by atoms with Gasteiger partial charge in [0.2, 0.25) is 0 Å². The van der Waals surface area contributed by atoms with Crippen LogP contribution in [0.1, 0.15) is 39.5 Å². The second-order valence-corrected chi connectivity index (χ2v) is 4.26. The van der Waals surface area contributed by atoms with Crippen molar-refractivity contribution in [1.82, 2.24) is 0 Å². The molecule has 0 aliphatic carbocycles. The van der Waals surface area contributed by atoms with E-state index in [1.807, 2.05) is 13.8 Å². The molecule has 1 N–H and O–H groups in total. The quantitative estimate of drug-likeness (QED) is 0.700. The maximum Gasteiger partial charge on any atom is 0.306 e. The van der Waals surface area contributed by atoms with E-state index in [0.29, 0.717) is 12.8 Å². The van der Waals surface area contributed by atoms with Crippen LogP contribution in [0.2, 0.25) is 0 Å². The SMILES string of the molecule is CC1(C)OC(=O)CC1CCCC(=O)O. The number of carboxylic acid groups (broad SMARTS) is 1. The summed E-state index contributed by atoms with van der Waals surface area (Å²) in [6.45, 7) is 3.76. The van der Waals surface area contributed by atoms with Gasteiger partial charge in [0.1, 0.15) is 5.60 Å². The number of rotatable bonds is 4. The fourth-order valence-electron chi connectivity index (χ4n) is 1.81. The Balaban J connectivity index is 2.37. The zero-order valence-electron chi connectivity index (χ0n) is 8.58. The second kappa shape index (κ2) is 3.98. The fraction of sp³-hybridized carbons (Fsp3) is 0.800. The minimum Gasteiger partial charge on any atom is -0.481 e. The monoisotopic (exact) mass is 200 g/mol. The predicted octanol–water partition coefficient (Wildman–Crippen LogP) is 1.58. The Bertz CT molecular complexity index is 245. The van der Waals surface area contributed by atoms with Crippen molar-refractivity contribution in [2.45, 2.75) is 45.1 Å². The first-order chi connectivity index (χ1) is 6.42. The summed E-state index contributed by atoms with van der Waals surface area (Å²) in [5, 5.41) is 8.47. The highest BCUT2D eigenvalue weighted by atomic mass is 16.6. The predicted molar refractivity (Wildman–Crippen MR) is 49.8 cm³/mol. The number of cyclic esters (lactones) is 1. The lowest BCUT2D eigenvalue weighted by Gasteiger charge is -2.24. The molecular formula is C10H16O4. The smallest absolute Gasteiger partial charge is 0.306 e. The van der Waals surface area contributed by atoms with Crippen molar-refractivity contribution >= 4 is 11.9 Å². The lowest BCUT2D eigenvalue weighted by Crippen LogP contribution is -2.27. The number of hydrogen-bond donors (Lipinski definition) is 1. The third-order valence-corrected chi connectivity index (χ3v) is 2.72. The fourth-order valence-corrected chi connectivity index (χ4v) is 1.81. The zero-order chi connectivity index (χ0) is 10.8. The van der Waals surface area contributed by atoms with Crippen LogP contribution in [-0.2, 0) is 14.3 Å². The van der Waals surface area contributed by atoms with Crippen LogP contribution in [0, 0.1) is 5.92 Å². The maximum atomic E-state index is 11.0. The minimum absolute atomic E-state index is 0.161. The molecule has 0 saturated carbocycles. The van der Waals surface area contributed by atoms with Gasteiger partial charge in [0.15, 0.2) is 0 Å². The van der Waals surface area contributed by atoms with Crippen molar-refractivity contribution in [2.75, 3.05) is 0 Å². The molecule has 1 rings (SSSR count). The van der Waals surface area contributed by atoms with Crippen LogP contribution in [0.15, 0.2) is 0 Å². The minimum atomic E-state index is -0.784. The normalized spacial score (nSPS) is 24.7. The van der Waals surface area contributed by atoms with Crippen molar-refractivity contribution in [1.29, 1.82) is 0 Å². The zero-order valence-corrected chi connectivity index (χ0v) is 8.58. The Labute approximate surface area is 83.2 Å². The lowest BCUT2D eigenvalue weighted by molar-refractivity contribution is -0.146. The van der Waals surface area contributed by atoms with E-state index in [4.69, 9.17) is 9.84 Å². The third kappa shape index (κ3) is 2.72. The molecule has 0 amide bonds. The number of ether oxygens (including phenoxy) is 1. The van der Waals surface area contributed by atoms with Crippen molar-refractivity contribution in [3.05, 3.63) is 0 Å². The summed E-state index contributed by atoms with van der Waals surface area (Å²) in [4.78, 5) is 21.3. The van der Waals surface area contributed by atoms with Crippen molar-refractivity contribution in [3.63, 3.8) is 0 Å². The van der Waals surface area contributed by atoms with Gasteiger partial charge in [-0.1, -0.05) is 0 Å². The molecule has 1 aliphatic rings. The lowest BCUT2D eigenvalue weighted by atomic mass is 9.86. The molecule has 1 aliphatic heterocycles. The van der Waals surface area contributed by atoms with Gasteiger partial charge in [-0.2, -0.15) is 0 Å². The molecular weight excluding hydrogens is 184 g/mol. The van der Waals surface area contributed by atoms with Crippen LogP contribution in [-0.4, -0.2) is 22.6 Å². The summed E-state index contributed by atoms with van der Waals surface area (Å²) >= 11 is 0. The van der Waals surface area contributed by atoms with Gasteiger partial charge in [0.25, 0.3) is 0 Å². The average molecular weight is 200 g/mol. The molecule has 0 aromatic heterocycles. The Morgan fingerprint density at radius 2 is 2.29 bits per heavy atom. The molecule has 14 heavy (non-hydrogen) atoms. The number of carboxylic acids is 1. The number of hydrogen-bond acceptors (Lipinski definition) is 3. The first-order valence-corrected chi connectivity index (χ1v) is 4.85. The topological polar surface area (TPSA) is 63.6 Å². The standard InChI is InChI=1S/C10H16O4/c1-10(2)7(6-9(13)14-10)4-3-5-8(11)12/h7H,3-6H2,1-2H3,(H,11,12). The summed E-state index contributed by atoms with van der Waals surface area (Å²) in [6.07, 6.45) is 1.94. The number of aliphatic carboxylic acids is 1. The first kappa shape index (κ1) is 11.0. The number of esters is 1. The van der Waals surface area contributed by atoms with Crippen LogP contribution < -0.4 is 0 Å². The summed E-state index contributed by atoms with van der Waals surface area (Å²) in [5.74, 6) is -0.794. The first-order valence-electron chi connectivity index (χ1n) is 4.85. The van der Waals surface area contributed by atoms with Crippen molar-refractivity contribution in [2.24, 2.45) is 5.92 Å². The van der Waals surface area contributed by atoms with Gasteiger partial charge < -0.3 is 9.84 Å². The molecule has 1 unspecified atom stereocenters. The third-order valence-electron chi connectivity index (χ3n) is 2.72. The molecule has 1 fully saturated rings. The molecule has 0 bridgehead atoms. The molecule has 4 nitrogen and oxygen atoms in total. The summed E-state index contributed by atoms with van der Waals surface area (Å²) in [6, 6.07) is 0. The van der Waals surface area contributed by atoms with Gasteiger partial charge in [0.05, 0.1) is 6.42 Å². The Morgan fingerprint density at radius 3 is 2.71 bits per heavy atom. The van der Waals surface area contributed by atoms with Gasteiger partial charge in [-0.15, -0.1) is 0 Å². The van der Waals surface area contributed by atoms with Gasteiger partial charge in [0, 0.05) is 12.3 Å². The van der Waals surface area contributed by atoms with E-state index in [1.54, 1.807) is 0 Å². The van der Waals surface area contributed by atoms with Crippen LogP contribution in [0.3, 0.4) is 0 Å². The Morgan fingerprint density at radius 1 is 1.64 bits per heavy atom. The van der Waals surface area contributed by atoms with Gasteiger partial charge in [-0.25, -0.2) is 0 Å². The number of carbonyl (C=O) groups is 2. The maximum absolute atomic E-state index is 11.0. The largest absolute Gasteiger partial charge is 0.481 e. The molecule has 0 aromatic rings. The van der Waals surface area contributed by atoms with Gasteiger partial charge in [-0.3, -0.25) is 9.59 Å². The molecule has 1 saturated heterocycles. The van der Waals surface area contributed by atoms with E-state index in [1.165, 1.54) is 0 Å². The molecule has 80 valence electrons. The molecule has 0 aromatic carbocycles. The molecule has 4 heteroatoms. The van der Waals surface area contributed by atoms with E-state index in [-0.39, 0.29) is 18.3 Å².